The molecule has 0 spiro atoms. The van der Waals surface area contributed by atoms with Crippen molar-refractivity contribution in [3.8, 4) is 0 Å². The summed E-state index contributed by atoms with van der Waals surface area (Å²) in [4.78, 5) is 14.0. The highest BCUT2D eigenvalue weighted by Crippen LogP contribution is 2.07. The summed E-state index contributed by atoms with van der Waals surface area (Å²) in [6, 6.07) is 7.98. The van der Waals surface area contributed by atoms with Crippen LogP contribution in [0, 0.1) is 0 Å². The van der Waals surface area contributed by atoms with Gasteiger partial charge in [0.15, 0.2) is 0 Å². The second-order valence-corrected chi connectivity index (χ2v) is 5.01. The fourth-order valence-electron chi connectivity index (χ4n) is 1.97. The Balaban J connectivity index is 2.48. The first-order valence-corrected chi connectivity index (χ1v) is 7.44. The SMILES string of the molecule is CC[C@H](N)C(=O)NCc1ccc(CN(CC)CC)cc1. The van der Waals surface area contributed by atoms with Gasteiger partial charge in [-0.2, -0.15) is 0 Å². The van der Waals surface area contributed by atoms with Crippen LogP contribution in [0.25, 0.3) is 0 Å². The Labute approximate surface area is 122 Å². The summed E-state index contributed by atoms with van der Waals surface area (Å²) in [7, 11) is 0. The molecule has 0 bridgehead atoms. The zero-order valence-corrected chi connectivity index (χ0v) is 12.9. The molecule has 3 N–H and O–H groups in total. The van der Waals surface area contributed by atoms with Crippen molar-refractivity contribution in [3.05, 3.63) is 35.4 Å². The molecule has 0 fully saturated rings. The Morgan fingerprint density at radius 3 is 2.20 bits per heavy atom. The van der Waals surface area contributed by atoms with Gasteiger partial charge in [0.2, 0.25) is 5.91 Å². The zero-order valence-electron chi connectivity index (χ0n) is 12.9. The van der Waals surface area contributed by atoms with E-state index in [9.17, 15) is 4.79 Å². The standard InChI is InChI=1S/C16H27N3O/c1-4-15(17)16(20)18-11-13-7-9-14(10-8-13)12-19(5-2)6-3/h7-10,15H,4-6,11-12,17H2,1-3H3,(H,18,20)/t15-/m0/s1. The molecule has 0 unspecified atom stereocenters. The lowest BCUT2D eigenvalue weighted by Gasteiger charge is -2.18. The van der Waals surface area contributed by atoms with Gasteiger partial charge in [-0.15, -0.1) is 0 Å². The van der Waals surface area contributed by atoms with Crippen LogP contribution >= 0.6 is 0 Å². The molecule has 0 saturated heterocycles. The fraction of sp³-hybridized carbons (Fsp3) is 0.562. The minimum Gasteiger partial charge on any atom is -0.351 e. The quantitative estimate of drug-likeness (QED) is 0.763. The van der Waals surface area contributed by atoms with Crippen LogP contribution in [-0.4, -0.2) is 29.9 Å². The predicted molar refractivity (Wildman–Crippen MR) is 83.2 cm³/mol. The second kappa shape index (κ2) is 8.72. The maximum Gasteiger partial charge on any atom is 0.237 e. The maximum atomic E-state index is 11.6. The van der Waals surface area contributed by atoms with E-state index in [1.807, 2.05) is 6.92 Å². The highest BCUT2D eigenvalue weighted by molar-refractivity contribution is 5.81. The van der Waals surface area contributed by atoms with Gasteiger partial charge in [-0.3, -0.25) is 9.69 Å². The Bertz CT molecular complexity index is 399. The van der Waals surface area contributed by atoms with Gasteiger partial charge in [0, 0.05) is 13.1 Å². The lowest BCUT2D eigenvalue weighted by molar-refractivity contribution is -0.122. The number of nitrogens with one attached hydrogen (secondary N) is 1. The maximum absolute atomic E-state index is 11.6. The number of nitrogens with zero attached hydrogens (tertiary/aromatic N) is 1. The molecular weight excluding hydrogens is 250 g/mol. The minimum atomic E-state index is -0.406. The number of rotatable bonds is 8. The topological polar surface area (TPSA) is 58.4 Å². The summed E-state index contributed by atoms with van der Waals surface area (Å²) >= 11 is 0. The lowest BCUT2D eigenvalue weighted by atomic mass is 10.1. The molecular formula is C16H27N3O. The third-order valence-electron chi connectivity index (χ3n) is 3.57. The van der Waals surface area contributed by atoms with Crippen LogP contribution < -0.4 is 11.1 Å². The Morgan fingerprint density at radius 2 is 1.70 bits per heavy atom. The van der Waals surface area contributed by atoms with Gasteiger partial charge in [-0.05, 0) is 30.6 Å². The number of amides is 1. The molecule has 112 valence electrons. The molecule has 1 amide bonds. The molecule has 4 nitrogen and oxygen atoms in total. The number of hydrogen-bond donors (Lipinski definition) is 2. The molecule has 1 aromatic rings. The molecule has 0 aromatic heterocycles. The smallest absolute Gasteiger partial charge is 0.237 e. The van der Waals surface area contributed by atoms with Gasteiger partial charge in [0.25, 0.3) is 0 Å². The van der Waals surface area contributed by atoms with Gasteiger partial charge in [0.05, 0.1) is 6.04 Å². The van der Waals surface area contributed by atoms with Crippen molar-refractivity contribution in [1.82, 2.24) is 10.2 Å². The van der Waals surface area contributed by atoms with Gasteiger partial charge in [-0.1, -0.05) is 45.0 Å². The van der Waals surface area contributed by atoms with E-state index in [0.717, 1.165) is 25.2 Å². The first kappa shape index (κ1) is 16.7. The van der Waals surface area contributed by atoms with Gasteiger partial charge < -0.3 is 11.1 Å². The van der Waals surface area contributed by atoms with Crippen molar-refractivity contribution >= 4 is 5.91 Å². The van der Waals surface area contributed by atoms with Crippen LogP contribution in [0.5, 0.6) is 0 Å². The molecule has 0 aliphatic heterocycles. The molecule has 0 radical (unpaired) electrons. The molecule has 0 heterocycles. The lowest BCUT2D eigenvalue weighted by Crippen LogP contribution is -2.39. The number of nitrogens with two attached hydrogens (primary N) is 1. The fourth-order valence-corrected chi connectivity index (χ4v) is 1.97. The van der Waals surface area contributed by atoms with E-state index >= 15 is 0 Å². The van der Waals surface area contributed by atoms with Gasteiger partial charge in [0.1, 0.15) is 0 Å². The molecule has 1 aromatic carbocycles. The van der Waals surface area contributed by atoms with E-state index < -0.39 is 6.04 Å². The van der Waals surface area contributed by atoms with E-state index in [1.165, 1.54) is 5.56 Å². The van der Waals surface area contributed by atoms with E-state index in [0.29, 0.717) is 13.0 Å². The van der Waals surface area contributed by atoms with Crippen LogP contribution in [0.1, 0.15) is 38.3 Å². The highest BCUT2D eigenvalue weighted by atomic mass is 16.2. The third kappa shape index (κ3) is 5.31. The summed E-state index contributed by atoms with van der Waals surface area (Å²) in [5.41, 5.74) is 8.07. The van der Waals surface area contributed by atoms with Crippen LogP contribution in [0.4, 0.5) is 0 Å². The molecule has 4 heteroatoms. The third-order valence-corrected chi connectivity index (χ3v) is 3.57. The summed E-state index contributed by atoms with van der Waals surface area (Å²) in [6.07, 6.45) is 0.661. The molecule has 20 heavy (non-hydrogen) atoms. The summed E-state index contributed by atoms with van der Waals surface area (Å²) in [5, 5.41) is 2.86. The number of carbonyl (C=O) groups excluding carboxylic acids is 1. The summed E-state index contributed by atoms with van der Waals surface area (Å²) in [5.74, 6) is -0.0836. The molecule has 0 saturated carbocycles. The number of benzene rings is 1. The van der Waals surface area contributed by atoms with Crippen LogP contribution in [0.3, 0.4) is 0 Å². The normalized spacial score (nSPS) is 12.4. The first-order chi connectivity index (χ1) is 9.60. The minimum absolute atomic E-state index is 0.0836. The summed E-state index contributed by atoms with van der Waals surface area (Å²) < 4.78 is 0. The Kier molecular flexibility index (Phi) is 7.26. The monoisotopic (exact) mass is 277 g/mol. The van der Waals surface area contributed by atoms with Crippen LogP contribution in [0.15, 0.2) is 24.3 Å². The zero-order chi connectivity index (χ0) is 15.0. The molecule has 1 rings (SSSR count). The number of carbonyl (C=O) groups is 1. The van der Waals surface area contributed by atoms with Gasteiger partial charge in [-0.25, -0.2) is 0 Å². The van der Waals surface area contributed by atoms with Gasteiger partial charge >= 0.3 is 0 Å². The Hall–Kier alpha value is -1.39. The first-order valence-electron chi connectivity index (χ1n) is 7.44. The molecule has 0 aliphatic rings. The van der Waals surface area contributed by atoms with Crippen molar-refractivity contribution in [1.29, 1.82) is 0 Å². The second-order valence-electron chi connectivity index (χ2n) is 5.01. The van der Waals surface area contributed by atoms with Crippen molar-refractivity contribution in [2.75, 3.05) is 13.1 Å². The average molecular weight is 277 g/mol. The molecule has 1 atom stereocenters. The van der Waals surface area contributed by atoms with E-state index in [-0.39, 0.29) is 5.91 Å². The summed E-state index contributed by atoms with van der Waals surface area (Å²) in [6.45, 7) is 9.88. The van der Waals surface area contributed by atoms with Crippen LogP contribution in [0.2, 0.25) is 0 Å². The van der Waals surface area contributed by atoms with Crippen molar-refractivity contribution in [3.63, 3.8) is 0 Å². The average Bonchev–Trinajstić information content (AvgIpc) is 2.50. The van der Waals surface area contributed by atoms with E-state index in [2.05, 4.69) is 48.3 Å². The Morgan fingerprint density at radius 1 is 1.15 bits per heavy atom. The largest absolute Gasteiger partial charge is 0.351 e. The molecule has 0 aliphatic carbocycles. The van der Waals surface area contributed by atoms with Crippen molar-refractivity contribution < 1.29 is 4.79 Å². The van der Waals surface area contributed by atoms with Crippen molar-refractivity contribution in [2.24, 2.45) is 5.73 Å². The van der Waals surface area contributed by atoms with Crippen LogP contribution in [-0.2, 0) is 17.9 Å². The van der Waals surface area contributed by atoms with Crippen molar-refractivity contribution in [2.45, 2.75) is 46.3 Å². The number of hydrogen-bond acceptors (Lipinski definition) is 3. The predicted octanol–water partition coefficient (Wildman–Crippen LogP) is 1.88. The van der Waals surface area contributed by atoms with E-state index in [1.54, 1.807) is 0 Å². The van der Waals surface area contributed by atoms with E-state index in [4.69, 9.17) is 5.73 Å². The highest BCUT2D eigenvalue weighted by Gasteiger charge is 2.09.